The summed E-state index contributed by atoms with van der Waals surface area (Å²) in [5.41, 5.74) is -0.833. The Morgan fingerprint density at radius 2 is 1.50 bits per heavy atom. The van der Waals surface area contributed by atoms with Crippen LogP contribution in [-0.2, 0) is 9.59 Å². The van der Waals surface area contributed by atoms with Crippen LogP contribution in [0.15, 0.2) is 18.5 Å². The Morgan fingerprint density at radius 3 is 2.12 bits per heavy atom. The first-order chi connectivity index (χ1) is 12.5. The van der Waals surface area contributed by atoms with Crippen LogP contribution < -0.4 is 4.90 Å². The number of carbonyl (C=O) groups excluding carboxylic acids is 2. The Morgan fingerprint density at radius 1 is 0.923 bits per heavy atom. The second-order valence-corrected chi connectivity index (χ2v) is 8.19. The van der Waals surface area contributed by atoms with Crippen LogP contribution in [0, 0.1) is 10.8 Å². The molecule has 1 saturated carbocycles. The summed E-state index contributed by atoms with van der Waals surface area (Å²) in [5.74, 6) is 0.890. The minimum atomic E-state index is -0.417. The van der Waals surface area contributed by atoms with Crippen LogP contribution in [0.25, 0.3) is 0 Å². The predicted molar refractivity (Wildman–Crippen MR) is 97.5 cm³/mol. The second kappa shape index (κ2) is 6.30. The average Bonchev–Trinajstić information content (AvgIpc) is 3.22. The minimum absolute atomic E-state index is 0.0430. The van der Waals surface area contributed by atoms with Gasteiger partial charge in [-0.2, -0.15) is 0 Å². The zero-order valence-corrected chi connectivity index (χ0v) is 15.6. The summed E-state index contributed by atoms with van der Waals surface area (Å²) in [6, 6.07) is 1.83. The zero-order chi connectivity index (χ0) is 18.4. The summed E-state index contributed by atoms with van der Waals surface area (Å²) in [4.78, 5) is 39.6. The molecule has 1 aromatic rings. The molecule has 3 fully saturated rings. The van der Waals surface area contributed by atoms with E-state index in [9.17, 15) is 9.59 Å². The van der Waals surface area contributed by atoms with Gasteiger partial charge >= 0.3 is 0 Å². The molecular weight excluding hydrogens is 330 g/mol. The fourth-order valence-electron chi connectivity index (χ4n) is 4.41. The molecule has 2 unspecified atom stereocenters. The van der Waals surface area contributed by atoms with E-state index in [1.54, 1.807) is 12.4 Å². The molecule has 1 aromatic heterocycles. The van der Waals surface area contributed by atoms with Crippen LogP contribution >= 0.6 is 0 Å². The van der Waals surface area contributed by atoms with Crippen molar-refractivity contribution in [2.24, 2.45) is 10.8 Å². The standard InChI is InChI=1S/C19H27N5O2/c1-18-14-19(18,2)16(26)24(15(18)25)9-4-3-8-22-10-12-23(13-11-22)17-20-6-5-7-21-17/h5-7H,3-4,8-14H2,1-2H3. The van der Waals surface area contributed by atoms with Crippen molar-refractivity contribution in [3.8, 4) is 0 Å². The quantitative estimate of drug-likeness (QED) is 0.562. The number of amides is 2. The highest BCUT2D eigenvalue weighted by atomic mass is 16.2. The van der Waals surface area contributed by atoms with E-state index in [1.807, 2.05) is 19.9 Å². The molecule has 3 heterocycles. The topological polar surface area (TPSA) is 69.6 Å². The molecule has 0 aromatic carbocycles. The Kier molecular flexibility index (Phi) is 4.22. The molecular formula is C19H27N5O2. The lowest BCUT2D eigenvalue weighted by Crippen LogP contribution is -2.47. The van der Waals surface area contributed by atoms with Gasteiger partial charge in [-0.05, 0) is 45.7 Å². The van der Waals surface area contributed by atoms with Crippen LogP contribution in [-0.4, -0.2) is 70.9 Å². The number of carbonyl (C=O) groups is 2. The maximum absolute atomic E-state index is 12.4. The maximum atomic E-state index is 12.4. The van der Waals surface area contributed by atoms with E-state index in [2.05, 4.69) is 19.8 Å². The molecule has 2 aliphatic heterocycles. The summed E-state index contributed by atoms with van der Waals surface area (Å²) in [7, 11) is 0. The molecule has 7 nitrogen and oxygen atoms in total. The van der Waals surface area contributed by atoms with Crippen molar-refractivity contribution in [1.29, 1.82) is 0 Å². The molecule has 3 aliphatic rings. The normalized spacial score (nSPS) is 31.5. The monoisotopic (exact) mass is 357 g/mol. The van der Waals surface area contributed by atoms with Crippen LogP contribution in [0.2, 0.25) is 0 Å². The van der Waals surface area contributed by atoms with E-state index in [0.717, 1.165) is 57.9 Å². The molecule has 2 saturated heterocycles. The van der Waals surface area contributed by atoms with Gasteiger partial charge in [0.05, 0.1) is 10.8 Å². The largest absolute Gasteiger partial charge is 0.338 e. The highest BCUT2D eigenvalue weighted by molar-refractivity contribution is 6.13. The highest BCUT2D eigenvalue weighted by Gasteiger charge is 2.77. The van der Waals surface area contributed by atoms with Crippen LogP contribution in [0.4, 0.5) is 5.95 Å². The number of piperidine rings is 1. The Labute approximate surface area is 154 Å². The number of nitrogens with zero attached hydrogens (tertiary/aromatic N) is 5. The number of likely N-dealkylation sites (tertiary alicyclic amines) is 1. The number of rotatable bonds is 6. The van der Waals surface area contributed by atoms with Gasteiger partial charge < -0.3 is 4.90 Å². The smallest absolute Gasteiger partial charge is 0.236 e. The van der Waals surface area contributed by atoms with E-state index >= 15 is 0 Å². The van der Waals surface area contributed by atoms with E-state index in [0.29, 0.717) is 6.54 Å². The van der Waals surface area contributed by atoms with Crippen LogP contribution in [0.1, 0.15) is 33.1 Å². The number of piperazine rings is 1. The van der Waals surface area contributed by atoms with Gasteiger partial charge in [0.15, 0.2) is 0 Å². The third-order valence-corrected chi connectivity index (χ3v) is 6.55. The SMILES string of the molecule is CC12CC1(C)C(=O)N(CCCCN1CCN(c3ncccn3)CC1)C2=O. The van der Waals surface area contributed by atoms with Crippen molar-refractivity contribution >= 4 is 17.8 Å². The molecule has 2 atom stereocenters. The number of unbranched alkanes of at least 4 members (excludes halogenated alkanes) is 1. The number of imide groups is 1. The molecule has 0 N–H and O–H groups in total. The lowest BCUT2D eigenvalue weighted by atomic mass is 10.00. The van der Waals surface area contributed by atoms with Gasteiger partial charge in [-0.3, -0.25) is 19.4 Å². The van der Waals surface area contributed by atoms with E-state index in [4.69, 9.17) is 0 Å². The predicted octanol–water partition coefficient (Wildman–Crippen LogP) is 1.16. The zero-order valence-electron chi connectivity index (χ0n) is 15.6. The molecule has 7 heteroatoms. The van der Waals surface area contributed by atoms with Crippen LogP contribution in [0.3, 0.4) is 0 Å². The lowest BCUT2D eigenvalue weighted by Gasteiger charge is -2.34. The van der Waals surface area contributed by atoms with Gasteiger partial charge in [0, 0.05) is 45.1 Å². The lowest BCUT2D eigenvalue weighted by molar-refractivity contribution is -0.143. The summed E-state index contributed by atoms with van der Waals surface area (Å²) >= 11 is 0. The van der Waals surface area contributed by atoms with Gasteiger partial charge in [0.1, 0.15) is 0 Å². The minimum Gasteiger partial charge on any atom is -0.338 e. The summed E-state index contributed by atoms with van der Waals surface area (Å²) in [5, 5.41) is 0. The third-order valence-electron chi connectivity index (χ3n) is 6.55. The number of anilines is 1. The van der Waals surface area contributed by atoms with Gasteiger partial charge in [-0.15, -0.1) is 0 Å². The molecule has 0 bridgehead atoms. The fourth-order valence-corrected chi connectivity index (χ4v) is 4.41. The number of fused-ring (bicyclic) bond motifs is 1. The molecule has 1 aliphatic carbocycles. The van der Waals surface area contributed by atoms with E-state index < -0.39 is 10.8 Å². The molecule has 4 rings (SSSR count). The molecule has 26 heavy (non-hydrogen) atoms. The number of hydrogen-bond donors (Lipinski definition) is 0. The fraction of sp³-hybridized carbons (Fsp3) is 0.684. The molecule has 0 radical (unpaired) electrons. The summed E-state index contributed by atoms with van der Waals surface area (Å²) in [6.45, 7) is 9.31. The van der Waals surface area contributed by atoms with Gasteiger partial charge in [0.2, 0.25) is 17.8 Å². The van der Waals surface area contributed by atoms with Crippen molar-refractivity contribution < 1.29 is 9.59 Å². The van der Waals surface area contributed by atoms with Crippen molar-refractivity contribution in [1.82, 2.24) is 19.8 Å². The van der Waals surface area contributed by atoms with Gasteiger partial charge in [0.25, 0.3) is 0 Å². The van der Waals surface area contributed by atoms with Crippen molar-refractivity contribution in [2.75, 3.05) is 44.2 Å². The molecule has 0 spiro atoms. The summed E-state index contributed by atoms with van der Waals surface area (Å²) in [6.07, 6.45) is 6.17. The molecule has 2 amide bonds. The first-order valence-corrected chi connectivity index (χ1v) is 9.56. The number of hydrogen-bond acceptors (Lipinski definition) is 6. The first-order valence-electron chi connectivity index (χ1n) is 9.56. The van der Waals surface area contributed by atoms with Gasteiger partial charge in [-0.1, -0.05) is 0 Å². The van der Waals surface area contributed by atoms with Crippen molar-refractivity contribution in [3.63, 3.8) is 0 Å². The molecule has 140 valence electrons. The summed E-state index contributed by atoms with van der Waals surface area (Å²) < 4.78 is 0. The Balaban J connectivity index is 1.18. The van der Waals surface area contributed by atoms with Crippen molar-refractivity contribution in [2.45, 2.75) is 33.1 Å². The number of aromatic nitrogens is 2. The van der Waals surface area contributed by atoms with E-state index in [-0.39, 0.29) is 11.8 Å². The average molecular weight is 357 g/mol. The van der Waals surface area contributed by atoms with Crippen molar-refractivity contribution in [3.05, 3.63) is 18.5 Å². The second-order valence-electron chi connectivity index (χ2n) is 8.19. The Hall–Kier alpha value is -2.02. The highest BCUT2D eigenvalue weighted by Crippen LogP contribution is 2.69. The van der Waals surface area contributed by atoms with E-state index in [1.165, 1.54) is 4.90 Å². The Bertz CT molecular complexity index is 677. The third kappa shape index (κ3) is 2.69. The van der Waals surface area contributed by atoms with Crippen LogP contribution in [0.5, 0.6) is 0 Å². The maximum Gasteiger partial charge on any atom is 0.236 e. The first kappa shape index (κ1) is 17.4. The van der Waals surface area contributed by atoms with Gasteiger partial charge in [-0.25, -0.2) is 9.97 Å².